The zero-order valence-electron chi connectivity index (χ0n) is 10.0. The fourth-order valence-corrected chi connectivity index (χ4v) is 2.09. The molecule has 0 bridgehead atoms. The summed E-state index contributed by atoms with van der Waals surface area (Å²) in [6.07, 6.45) is 1.13. The molecule has 0 spiro atoms. The monoisotopic (exact) mass is 357 g/mol. The Morgan fingerprint density at radius 2 is 2.15 bits per heavy atom. The lowest BCUT2D eigenvalue weighted by Gasteiger charge is -2.07. The first kappa shape index (κ1) is 14.5. The molecule has 0 atom stereocenters. The Hall–Kier alpha value is -1.86. The third-order valence-corrected chi connectivity index (χ3v) is 3.15. The van der Waals surface area contributed by atoms with Gasteiger partial charge < -0.3 is 5.32 Å². The Balaban J connectivity index is 2.15. The Bertz CT molecular complexity index is 769. The molecule has 6 nitrogen and oxygen atoms in total. The van der Waals surface area contributed by atoms with Crippen LogP contribution in [0.5, 0.6) is 0 Å². The Morgan fingerprint density at radius 3 is 2.85 bits per heavy atom. The summed E-state index contributed by atoms with van der Waals surface area (Å²) in [4.78, 5) is 36.4. The van der Waals surface area contributed by atoms with E-state index >= 15 is 0 Å². The molecule has 0 radical (unpaired) electrons. The summed E-state index contributed by atoms with van der Waals surface area (Å²) in [5, 5.41) is 2.48. The van der Waals surface area contributed by atoms with Crippen molar-refractivity contribution < 1.29 is 4.79 Å². The summed E-state index contributed by atoms with van der Waals surface area (Å²) in [7, 11) is 0. The number of rotatable bonds is 3. The molecule has 0 saturated heterocycles. The molecule has 0 unspecified atom stereocenters. The highest BCUT2D eigenvalue weighted by Gasteiger charge is 2.08. The minimum Gasteiger partial charge on any atom is -0.324 e. The third-order valence-electron chi connectivity index (χ3n) is 2.39. The van der Waals surface area contributed by atoms with Crippen LogP contribution >= 0.6 is 27.5 Å². The molecule has 1 aromatic carbocycles. The van der Waals surface area contributed by atoms with Crippen LogP contribution in [-0.4, -0.2) is 15.5 Å². The Labute approximate surface area is 126 Å². The van der Waals surface area contributed by atoms with E-state index in [-0.39, 0.29) is 11.6 Å². The molecular weight excluding hydrogens is 350 g/mol. The molecule has 1 amide bonds. The number of aromatic amines is 1. The van der Waals surface area contributed by atoms with Gasteiger partial charge in [0.1, 0.15) is 11.6 Å². The van der Waals surface area contributed by atoms with Gasteiger partial charge in [0.15, 0.2) is 0 Å². The van der Waals surface area contributed by atoms with Gasteiger partial charge in [-0.3, -0.25) is 19.1 Å². The summed E-state index contributed by atoms with van der Waals surface area (Å²) in [6, 6.07) is 7.02. The average molecular weight is 359 g/mol. The van der Waals surface area contributed by atoms with E-state index in [1.807, 2.05) is 11.1 Å². The number of nitrogens with one attached hydrogen (secondary N) is 2. The second-order valence-electron chi connectivity index (χ2n) is 3.92. The highest BCUT2D eigenvalue weighted by atomic mass is 79.9. The quantitative estimate of drug-likeness (QED) is 0.874. The van der Waals surface area contributed by atoms with Crippen molar-refractivity contribution in [3.63, 3.8) is 0 Å². The fraction of sp³-hybridized carbons (Fsp3) is 0.0833. The van der Waals surface area contributed by atoms with Crippen LogP contribution < -0.4 is 16.6 Å². The maximum atomic E-state index is 11.8. The van der Waals surface area contributed by atoms with Gasteiger partial charge in [0.2, 0.25) is 5.91 Å². The van der Waals surface area contributed by atoms with Crippen LogP contribution in [0.2, 0.25) is 5.02 Å². The molecule has 104 valence electrons. The molecular formula is C12H9BrClN3O3. The fourth-order valence-electron chi connectivity index (χ4n) is 1.52. The van der Waals surface area contributed by atoms with Gasteiger partial charge in [0.25, 0.3) is 5.56 Å². The van der Waals surface area contributed by atoms with Crippen LogP contribution in [-0.2, 0) is 11.3 Å². The smallest absolute Gasteiger partial charge is 0.324 e. The minimum atomic E-state index is -0.691. The zero-order chi connectivity index (χ0) is 14.7. The molecule has 1 heterocycles. The average Bonchev–Trinajstić information content (AvgIpc) is 2.36. The van der Waals surface area contributed by atoms with Crippen molar-refractivity contribution in [3.8, 4) is 0 Å². The van der Waals surface area contributed by atoms with Crippen molar-refractivity contribution in [1.29, 1.82) is 0 Å². The second kappa shape index (κ2) is 6.06. The van der Waals surface area contributed by atoms with Gasteiger partial charge in [-0.1, -0.05) is 33.6 Å². The minimum absolute atomic E-state index is 0.153. The van der Waals surface area contributed by atoms with E-state index in [0.717, 1.165) is 15.2 Å². The van der Waals surface area contributed by atoms with Gasteiger partial charge in [-0.25, -0.2) is 4.79 Å². The molecule has 20 heavy (non-hydrogen) atoms. The van der Waals surface area contributed by atoms with Gasteiger partial charge in [0.05, 0.1) is 0 Å². The number of aromatic nitrogens is 2. The van der Waals surface area contributed by atoms with E-state index in [2.05, 4.69) is 21.2 Å². The highest BCUT2D eigenvalue weighted by molar-refractivity contribution is 9.10. The van der Waals surface area contributed by atoms with E-state index in [0.29, 0.717) is 5.69 Å². The van der Waals surface area contributed by atoms with Crippen LogP contribution in [0.15, 0.2) is 44.5 Å². The Kier molecular flexibility index (Phi) is 4.41. The van der Waals surface area contributed by atoms with Crippen LogP contribution in [0.3, 0.4) is 0 Å². The first-order valence-electron chi connectivity index (χ1n) is 5.50. The van der Waals surface area contributed by atoms with Crippen LogP contribution in [0.1, 0.15) is 0 Å². The molecule has 8 heteroatoms. The lowest BCUT2D eigenvalue weighted by molar-refractivity contribution is -0.116. The van der Waals surface area contributed by atoms with Crippen molar-refractivity contribution in [2.24, 2.45) is 0 Å². The standard InChI is InChI=1S/C12H9BrClN3O3/c13-7-2-1-3-8(4-7)15-10(18)6-17-5-9(14)11(19)16-12(17)20/h1-5H,6H2,(H,15,18)(H,16,19,20). The maximum Gasteiger partial charge on any atom is 0.328 e. The number of nitrogens with zero attached hydrogens (tertiary/aromatic N) is 1. The maximum absolute atomic E-state index is 11.8. The predicted octanol–water partition coefficient (Wildman–Crippen LogP) is 1.59. The number of carbonyl (C=O) groups excluding carboxylic acids is 1. The van der Waals surface area contributed by atoms with Gasteiger partial charge in [-0.2, -0.15) is 0 Å². The molecule has 0 aliphatic rings. The highest BCUT2D eigenvalue weighted by Crippen LogP contribution is 2.15. The Morgan fingerprint density at radius 1 is 1.40 bits per heavy atom. The number of hydrogen-bond donors (Lipinski definition) is 2. The van der Waals surface area contributed by atoms with Crippen LogP contribution in [0.4, 0.5) is 5.69 Å². The molecule has 2 N–H and O–H groups in total. The summed E-state index contributed by atoms with van der Waals surface area (Å²) in [6.45, 7) is -0.248. The molecule has 2 rings (SSSR count). The van der Waals surface area contributed by atoms with E-state index in [1.165, 1.54) is 0 Å². The summed E-state index contributed by atoms with van der Waals surface area (Å²) in [5.74, 6) is -0.409. The summed E-state index contributed by atoms with van der Waals surface area (Å²) < 4.78 is 1.84. The number of halogens is 2. The van der Waals surface area contributed by atoms with Gasteiger partial charge in [0, 0.05) is 16.4 Å². The molecule has 0 saturated carbocycles. The molecule has 0 fully saturated rings. The second-order valence-corrected chi connectivity index (χ2v) is 5.25. The number of H-pyrrole nitrogens is 1. The van der Waals surface area contributed by atoms with Crippen molar-refractivity contribution >= 4 is 39.1 Å². The first-order valence-corrected chi connectivity index (χ1v) is 6.67. The van der Waals surface area contributed by atoms with Crippen molar-refractivity contribution in [1.82, 2.24) is 9.55 Å². The number of amides is 1. The van der Waals surface area contributed by atoms with Crippen molar-refractivity contribution in [2.45, 2.75) is 6.54 Å². The first-order chi connectivity index (χ1) is 9.45. The number of hydrogen-bond acceptors (Lipinski definition) is 3. The van der Waals surface area contributed by atoms with E-state index in [4.69, 9.17) is 11.6 Å². The molecule has 0 aliphatic heterocycles. The lowest BCUT2D eigenvalue weighted by atomic mass is 10.3. The zero-order valence-corrected chi connectivity index (χ0v) is 12.4. The number of anilines is 1. The largest absolute Gasteiger partial charge is 0.328 e. The van der Waals surface area contributed by atoms with Crippen molar-refractivity contribution in [2.75, 3.05) is 5.32 Å². The SMILES string of the molecule is O=C(Cn1cc(Cl)c(=O)[nH]c1=O)Nc1cccc(Br)c1. The van der Waals surface area contributed by atoms with Gasteiger partial charge >= 0.3 is 5.69 Å². The van der Waals surface area contributed by atoms with Crippen LogP contribution in [0, 0.1) is 0 Å². The van der Waals surface area contributed by atoms with Crippen molar-refractivity contribution in [3.05, 3.63) is 60.8 Å². The summed E-state index contributed by atoms with van der Waals surface area (Å²) >= 11 is 8.89. The molecule has 1 aromatic heterocycles. The van der Waals surface area contributed by atoms with Gasteiger partial charge in [-0.05, 0) is 18.2 Å². The predicted molar refractivity (Wildman–Crippen MR) is 79.1 cm³/mol. The number of carbonyl (C=O) groups is 1. The van der Waals surface area contributed by atoms with Crippen LogP contribution in [0.25, 0.3) is 0 Å². The topological polar surface area (TPSA) is 84.0 Å². The molecule has 0 aliphatic carbocycles. The van der Waals surface area contributed by atoms with E-state index in [1.54, 1.807) is 18.2 Å². The summed E-state index contributed by atoms with van der Waals surface area (Å²) in [5.41, 5.74) is -0.781. The third kappa shape index (κ3) is 3.58. The lowest BCUT2D eigenvalue weighted by Crippen LogP contribution is -2.33. The van der Waals surface area contributed by atoms with E-state index < -0.39 is 17.2 Å². The number of benzene rings is 1. The van der Waals surface area contributed by atoms with Gasteiger partial charge in [-0.15, -0.1) is 0 Å². The van der Waals surface area contributed by atoms with E-state index in [9.17, 15) is 14.4 Å². The molecule has 2 aromatic rings. The normalized spacial score (nSPS) is 10.3.